The van der Waals surface area contributed by atoms with Crippen molar-refractivity contribution < 1.29 is 8.42 Å². The van der Waals surface area contributed by atoms with Crippen molar-refractivity contribution in [2.45, 2.75) is 31.6 Å². The average molecular weight is 241 g/mol. The molecule has 0 aliphatic heterocycles. The maximum absolute atomic E-state index is 11.8. The van der Waals surface area contributed by atoms with Gasteiger partial charge >= 0.3 is 0 Å². The Morgan fingerprint density at radius 1 is 1.19 bits per heavy atom. The summed E-state index contributed by atoms with van der Waals surface area (Å²) < 4.78 is 26.1. The molecule has 0 aliphatic carbocycles. The quantitative estimate of drug-likeness (QED) is 0.777. The van der Waals surface area contributed by atoms with Gasteiger partial charge in [0.2, 0.25) is 10.0 Å². The molecule has 0 fully saturated rings. The number of nitrogens with one attached hydrogen (secondary N) is 1. The van der Waals surface area contributed by atoms with Gasteiger partial charge in [-0.2, -0.15) is 0 Å². The van der Waals surface area contributed by atoms with E-state index in [1.165, 1.54) is 0 Å². The van der Waals surface area contributed by atoms with E-state index in [-0.39, 0.29) is 0 Å². The minimum atomic E-state index is -3.31. The van der Waals surface area contributed by atoms with Gasteiger partial charge in [0.15, 0.2) is 0 Å². The molecule has 3 nitrogen and oxygen atoms in total. The van der Waals surface area contributed by atoms with E-state index in [1.54, 1.807) is 30.3 Å². The van der Waals surface area contributed by atoms with Gasteiger partial charge in [0.1, 0.15) is 0 Å². The van der Waals surface area contributed by atoms with Crippen LogP contribution in [0.1, 0.15) is 26.7 Å². The Morgan fingerprint density at radius 2 is 1.81 bits per heavy atom. The molecule has 1 aromatic carbocycles. The molecule has 1 aromatic rings. The highest BCUT2D eigenvalue weighted by Crippen LogP contribution is 2.08. The zero-order valence-corrected chi connectivity index (χ0v) is 10.6. The highest BCUT2D eigenvalue weighted by atomic mass is 32.2. The van der Waals surface area contributed by atoms with E-state index < -0.39 is 10.0 Å². The fraction of sp³-hybridized carbons (Fsp3) is 0.500. The van der Waals surface area contributed by atoms with Crippen LogP contribution in [0.25, 0.3) is 0 Å². The van der Waals surface area contributed by atoms with Crippen molar-refractivity contribution in [1.82, 2.24) is 4.72 Å². The third-order valence-electron chi connectivity index (χ3n) is 2.30. The molecule has 1 N–H and O–H groups in total. The van der Waals surface area contributed by atoms with Crippen LogP contribution in [0.2, 0.25) is 0 Å². The smallest absolute Gasteiger partial charge is 0.211 e. The largest absolute Gasteiger partial charge is 0.240 e. The molecule has 0 spiro atoms. The first-order chi connectivity index (χ1) is 7.52. The van der Waals surface area contributed by atoms with E-state index in [2.05, 4.69) is 18.6 Å². The zero-order valence-electron chi connectivity index (χ0n) is 9.81. The maximum Gasteiger partial charge on any atom is 0.240 e. The molecular formula is C12H19NO2S. The van der Waals surface area contributed by atoms with Crippen LogP contribution in [0, 0.1) is 5.92 Å². The number of hydrogen-bond donors (Lipinski definition) is 1. The van der Waals surface area contributed by atoms with Crippen molar-refractivity contribution in [3.8, 4) is 0 Å². The van der Waals surface area contributed by atoms with Gasteiger partial charge in [0.05, 0.1) is 4.90 Å². The second-order valence-corrected chi connectivity index (χ2v) is 6.01. The van der Waals surface area contributed by atoms with Crippen molar-refractivity contribution >= 4 is 10.0 Å². The maximum atomic E-state index is 11.8. The van der Waals surface area contributed by atoms with Gasteiger partial charge in [0.25, 0.3) is 0 Å². The Hall–Kier alpha value is -0.870. The summed E-state index contributed by atoms with van der Waals surface area (Å²) in [5.74, 6) is 0.612. The lowest BCUT2D eigenvalue weighted by Gasteiger charge is -2.07. The molecule has 0 atom stereocenters. The molecule has 4 heteroatoms. The molecule has 0 aliphatic rings. The molecule has 0 saturated carbocycles. The lowest BCUT2D eigenvalue weighted by molar-refractivity contribution is 0.540. The van der Waals surface area contributed by atoms with E-state index in [9.17, 15) is 8.42 Å². The van der Waals surface area contributed by atoms with E-state index in [4.69, 9.17) is 0 Å². The van der Waals surface area contributed by atoms with Crippen LogP contribution in [-0.2, 0) is 10.0 Å². The molecule has 90 valence electrons. The molecule has 0 amide bonds. The molecule has 0 bridgehead atoms. The van der Waals surface area contributed by atoms with Gasteiger partial charge in [0, 0.05) is 6.54 Å². The highest BCUT2D eigenvalue weighted by molar-refractivity contribution is 7.89. The first-order valence-corrected chi connectivity index (χ1v) is 7.05. The van der Waals surface area contributed by atoms with Gasteiger partial charge in [-0.05, 0) is 30.9 Å². The van der Waals surface area contributed by atoms with Crippen LogP contribution in [0.4, 0.5) is 0 Å². The summed E-state index contributed by atoms with van der Waals surface area (Å²) in [5.41, 5.74) is 0. The van der Waals surface area contributed by atoms with Gasteiger partial charge in [-0.25, -0.2) is 13.1 Å². The zero-order chi connectivity index (χ0) is 12.0. The van der Waals surface area contributed by atoms with Crippen LogP contribution < -0.4 is 4.72 Å². The van der Waals surface area contributed by atoms with E-state index in [0.29, 0.717) is 17.4 Å². The number of hydrogen-bond acceptors (Lipinski definition) is 2. The summed E-state index contributed by atoms with van der Waals surface area (Å²) >= 11 is 0. The van der Waals surface area contributed by atoms with Crippen LogP contribution in [0.15, 0.2) is 35.2 Å². The van der Waals surface area contributed by atoms with Gasteiger partial charge < -0.3 is 0 Å². The third-order valence-corrected chi connectivity index (χ3v) is 3.78. The number of sulfonamides is 1. The second kappa shape index (κ2) is 6.01. The average Bonchev–Trinajstić information content (AvgIpc) is 2.26. The van der Waals surface area contributed by atoms with E-state index in [0.717, 1.165) is 12.8 Å². The molecule has 1 rings (SSSR count). The normalized spacial score (nSPS) is 11.9. The molecule has 0 saturated heterocycles. The lowest BCUT2D eigenvalue weighted by Crippen LogP contribution is -2.24. The monoisotopic (exact) mass is 241 g/mol. The summed E-state index contributed by atoms with van der Waals surface area (Å²) in [4.78, 5) is 0.333. The summed E-state index contributed by atoms with van der Waals surface area (Å²) in [6, 6.07) is 8.46. The molecule has 0 heterocycles. The van der Waals surface area contributed by atoms with Gasteiger partial charge in [-0.15, -0.1) is 0 Å². The van der Waals surface area contributed by atoms with Crippen molar-refractivity contribution in [2.75, 3.05) is 6.54 Å². The standard InChI is InChI=1S/C12H19NO2S/c1-11(2)7-6-10-13-16(14,15)12-8-4-3-5-9-12/h3-5,8-9,11,13H,6-7,10H2,1-2H3. The predicted octanol–water partition coefficient (Wildman–Crippen LogP) is 2.40. The number of rotatable bonds is 6. The summed E-state index contributed by atoms with van der Waals surface area (Å²) in [7, 11) is -3.31. The molecule has 0 radical (unpaired) electrons. The van der Waals surface area contributed by atoms with Crippen molar-refractivity contribution in [3.63, 3.8) is 0 Å². The molecule has 0 aromatic heterocycles. The van der Waals surface area contributed by atoms with Gasteiger partial charge in [-0.3, -0.25) is 0 Å². The van der Waals surface area contributed by atoms with Gasteiger partial charge in [-0.1, -0.05) is 32.0 Å². The van der Waals surface area contributed by atoms with Crippen molar-refractivity contribution in [1.29, 1.82) is 0 Å². The van der Waals surface area contributed by atoms with E-state index in [1.807, 2.05) is 0 Å². The predicted molar refractivity (Wildman–Crippen MR) is 65.7 cm³/mol. The van der Waals surface area contributed by atoms with Crippen LogP contribution in [0.3, 0.4) is 0 Å². The minimum absolute atomic E-state index is 0.333. The topological polar surface area (TPSA) is 46.2 Å². The third kappa shape index (κ3) is 4.33. The Balaban J connectivity index is 2.48. The summed E-state index contributed by atoms with van der Waals surface area (Å²) in [6.07, 6.45) is 1.92. The molecule has 16 heavy (non-hydrogen) atoms. The SMILES string of the molecule is CC(C)CCCNS(=O)(=O)c1ccccc1. The Kier molecular flexibility index (Phi) is 4.96. The molecule has 0 unspecified atom stereocenters. The Morgan fingerprint density at radius 3 is 2.38 bits per heavy atom. The Bertz CT molecular complexity index is 398. The number of benzene rings is 1. The van der Waals surface area contributed by atoms with Crippen molar-refractivity contribution in [2.24, 2.45) is 5.92 Å². The van der Waals surface area contributed by atoms with E-state index >= 15 is 0 Å². The van der Waals surface area contributed by atoms with Crippen LogP contribution >= 0.6 is 0 Å². The molecular weight excluding hydrogens is 222 g/mol. The summed E-state index contributed by atoms with van der Waals surface area (Å²) in [5, 5.41) is 0. The summed E-state index contributed by atoms with van der Waals surface area (Å²) in [6.45, 7) is 4.77. The van der Waals surface area contributed by atoms with Crippen LogP contribution in [0.5, 0.6) is 0 Å². The first kappa shape index (κ1) is 13.2. The highest BCUT2D eigenvalue weighted by Gasteiger charge is 2.11. The Labute approximate surface area is 97.9 Å². The fourth-order valence-electron chi connectivity index (χ4n) is 1.40. The fourth-order valence-corrected chi connectivity index (χ4v) is 2.49. The lowest BCUT2D eigenvalue weighted by atomic mass is 10.1. The van der Waals surface area contributed by atoms with Crippen molar-refractivity contribution in [3.05, 3.63) is 30.3 Å². The minimum Gasteiger partial charge on any atom is -0.211 e. The first-order valence-electron chi connectivity index (χ1n) is 5.57. The second-order valence-electron chi connectivity index (χ2n) is 4.25. The van der Waals surface area contributed by atoms with Crippen LogP contribution in [-0.4, -0.2) is 15.0 Å².